The van der Waals surface area contributed by atoms with E-state index in [0.717, 1.165) is 38.5 Å². The average Bonchev–Trinajstić information content (AvgIpc) is 2.67. The molecule has 6 heteroatoms. The molecule has 0 aromatic heterocycles. The summed E-state index contributed by atoms with van der Waals surface area (Å²) >= 11 is 0. The van der Waals surface area contributed by atoms with Crippen molar-refractivity contribution in [2.24, 2.45) is 0 Å². The quantitative estimate of drug-likeness (QED) is 0.324. The number of phenols is 1. The summed E-state index contributed by atoms with van der Waals surface area (Å²) in [4.78, 5) is 0. The Morgan fingerprint density at radius 3 is 1.89 bits per heavy atom. The first-order valence-electron chi connectivity index (χ1n) is 10.2. The van der Waals surface area contributed by atoms with Crippen LogP contribution in [0.4, 0.5) is 0 Å². The number of piperidine rings is 1. The zero-order chi connectivity index (χ0) is 19.6. The van der Waals surface area contributed by atoms with Crippen LogP contribution in [0.2, 0.25) is 0 Å². The Balaban J connectivity index is 1.50. The van der Waals surface area contributed by atoms with Crippen LogP contribution in [0, 0.1) is 0 Å². The van der Waals surface area contributed by atoms with E-state index in [-0.39, 0.29) is 12.6 Å². The molecule has 1 aromatic carbocycles. The van der Waals surface area contributed by atoms with Crippen LogP contribution in [0.5, 0.6) is 5.75 Å². The molecular formula is C21H35NO5. The normalized spacial score (nSPS) is 28.4. The molecule has 1 aliphatic heterocycles. The van der Waals surface area contributed by atoms with Gasteiger partial charge in [-0.2, -0.15) is 0 Å². The average molecular weight is 382 g/mol. The van der Waals surface area contributed by atoms with Gasteiger partial charge in [0.1, 0.15) is 11.9 Å². The summed E-state index contributed by atoms with van der Waals surface area (Å²) in [5, 5.41) is 51.3. The number of nitrogens with one attached hydrogen (secondary N) is 1. The van der Waals surface area contributed by atoms with Crippen molar-refractivity contribution in [3.63, 3.8) is 0 Å². The smallest absolute Gasteiger partial charge is 0.115 e. The molecule has 1 aromatic rings. The molecule has 0 spiro atoms. The summed E-state index contributed by atoms with van der Waals surface area (Å²) in [5.74, 6) is 0.312. The molecule has 1 heterocycles. The molecule has 1 aliphatic rings. The van der Waals surface area contributed by atoms with Gasteiger partial charge in [0.2, 0.25) is 0 Å². The van der Waals surface area contributed by atoms with Gasteiger partial charge in [-0.3, -0.25) is 0 Å². The topological polar surface area (TPSA) is 113 Å². The molecule has 1 fully saturated rings. The standard InChI is InChI=1S/C21H35NO5/c23-14-18-20(26)21(27)19(25)17(22-18)9-7-5-3-1-2-4-6-8-15-10-12-16(24)13-11-15/h10-13,17-27H,1-9,14H2/t17-,18-,19+,20-,21-/m1/s1. The molecule has 0 bridgehead atoms. The number of phenolic OH excluding ortho intramolecular Hbond substituents is 1. The van der Waals surface area contributed by atoms with Crippen LogP contribution in [0.3, 0.4) is 0 Å². The second-order valence-electron chi connectivity index (χ2n) is 7.71. The summed E-state index contributed by atoms with van der Waals surface area (Å²) in [6.45, 7) is -0.258. The summed E-state index contributed by atoms with van der Waals surface area (Å²) in [6.07, 6.45) is 6.36. The maximum absolute atomic E-state index is 10.1. The third-order valence-corrected chi connectivity index (χ3v) is 5.57. The molecule has 0 amide bonds. The number of aromatic hydroxyl groups is 1. The Morgan fingerprint density at radius 2 is 1.26 bits per heavy atom. The number of hydrogen-bond donors (Lipinski definition) is 6. The van der Waals surface area contributed by atoms with Crippen molar-refractivity contribution in [2.75, 3.05) is 6.61 Å². The molecule has 154 valence electrons. The number of unbranched alkanes of at least 4 members (excludes halogenated alkanes) is 6. The Morgan fingerprint density at radius 1 is 0.704 bits per heavy atom. The highest BCUT2D eigenvalue weighted by Gasteiger charge is 2.41. The van der Waals surface area contributed by atoms with Crippen LogP contribution < -0.4 is 5.32 Å². The van der Waals surface area contributed by atoms with E-state index in [1.165, 1.54) is 24.8 Å². The second-order valence-corrected chi connectivity index (χ2v) is 7.71. The minimum Gasteiger partial charge on any atom is -0.508 e. The van der Waals surface area contributed by atoms with E-state index < -0.39 is 24.4 Å². The fourth-order valence-corrected chi connectivity index (χ4v) is 3.80. The number of hydrogen-bond acceptors (Lipinski definition) is 6. The largest absolute Gasteiger partial charge is 0.508 e. The van der Waals surface area contributed by atoms with Crippen molar-refractivity contribution in [1.29, 1.82) is 0 Å². The third-order valence-electron chi connectivity index (χ3n) is 5.57. The number of aliphatic hydroxyl groups is 4. The predicted molar refractivity (Wildman–Crippen MR) is 105 cm³/mol. The first-order valence-corrected chi connectivity index (χ1v) is 10.2. The molecule has 0 saturated carbocycles. The van der Waals surface area contributed by atoms with E-state index in [0.29, 0.717) is 5.75 Å². The van der Waals surface area contributed by atoms with E-state index in [1.807, 2.05) is 12.1 Å². The minimum atomic E-state index is -1.21. The van der Waals surface area contributed by atoms with E-state index in [4.69, 9.17) is 0 Å². The summed E-state index contributed by atoms with van der Waals surface area (Å²) in [5.41, 5.74) is 1.26. The van der Waals surface area contributed by atoms with Crippen LogP contribution in [0.1, 0.15) is 56.9 Å². The zero-order valence-corrected chi connectivity index (χ0v) is 16.0. The van der Waals surface area contributed by atoms with Crippen molar-refractivity contribution in [3.8, 4) is 5.75 Å². The van der Waals surface area contributed by atoms with Crippen molar-refractivity contribution in [3.05, 3.63) is 29.8 Å². The number of rotatable bonds is 11. The molecular weight excluding hydrogens is 346 g/mol. The lowest BCUT2D eigenvalue weighted by molar-refractivity contribution is -0.120. The zero-order valence-electron chi connectivity index (χ0n) is 16.0. The van der Waals surface area contributed by atoms with Gasteiger partial charge in [0.15, 0.2) is 0 Å². The number of aryl methyl sites for hydroxylation is 1. The molecule has 0 aliphatic carbocycles. The first kappa shape index (κ1) is 22.1. The maximum Gasteiger partial charge on any atom is 0.115 e. The first-order chi connectivity index (χ1) is 13.0. The highest BCUT2D eigenvalue weighted by atomic mass is 16.4. The monoisotopic (exact) mass is 381 g/mol. The minimum absolute atomic E-state index is 0.258. The lowest BCUT2D eigenvalue weighted by Gasteiger charge is -2.41. The molecule has 1 saturated heterocycles. The predicted octanol–water partition coefficient (Wildman–Crippen LogP) is 1.47. The summed E-state index contributed by atoms with van der Waals surface area (Å²) < 4.78 is 0. The van der Waals surface area contributed by atoms with Gasteiger partial charge in [-0.05, 0) is 37.0 Å². The van der Waals surface area contributed by atoms with E-state index in [2.05, 4.69) is 5.32 Å². The highest BCUT2D eigenvalue weighted by molar-refractivity contribution is 5.25. The van der Waals surface area contributed by atoms with Crippen molar-refractivity contribution < 1.29 is 25.5 Å². The van der Waals surface area contributed by atoms with E-state index >= 15 is 0 Å². The Kier molecular flexibility index (Phi) is 9.51. The van der Waals surface area contributed by atoms with Gasteiger partial charge < -0.3 is 30.8 Å². The Hall–Kier alpha value is -1.18. The highest BCUT2D eigenvalue weighted by Crippen LogP contribution is 2.20. The van der Waals surface area contributed by atoms with Crippen LogP contribution in [0.25, 0.3) is 0 Å². The van der Waals surface area contributed by atoms with E-state index in [9.17, 15) is 25.5 Å². The van der Waals surface area contributed by atoms with Gasteiger partial charge in [-0.15, -0.1) is 0 Å². The fraction of sp³-hybridized carbons (Fsp3) is 0.714. The molecule has 0 radical (unpaired) electrons. The van der Waals surface area contributed by atoms with Crippen LogP contribution in [-0.4, -0.2) is 62.5 Å². The van der Waals surface area contributed by atoms with Gasteiger partial charge in [-0.25, -0.2) is 0 Å². The van der Waals surface area contributed by atoms with Gasteiger partial charge >= 0.3 is 0 Å². The molecule has 27 heavy (non-hydrogen) atoms. The third kappa shape index (κ3) is 7.05. The van der Waals surface area contributed by atoms with E-state index in [1.54, 1.807) is 12.1 Å². The number of aliphatic hydroxyl groups excluding tert-OH is 4. The molecule has 2 rings (SSSR count). The van der Waals surface area contributed by atoms with Gasteiger partial charge in [0, 0.05) is 6.04 Å². The maximum atomic E-state index is 10.1. The van der Waals surface area contributed by atoms with Gasteiger partial charge in [0.05, 0.1) is 24.9 Å². The molecule has 6 nitrogen and oxygen atoms in total. The van der Waals surface area contributed by atoms with Gasteiger partial charge in [-0.1, -0.05) is 50.7 Å². The lowest BCUT2D eigenvalue weighted by Crippen LogP contribution is -2.65. The lowest BCUT2D eigenvalue weighted by atomic mass is 9.88. The molecule has 0 unspecified atom stereocenters. The Labute approximate surface area is 161 Å². The summed E-state index contributed by atoms with van der Waals surface area (Å²) in [6, 6.07) is 6.54. The second kappa shape index (κ2) is 11.6. The van der Waals surface area contributed by atoms with Gasteiger partial charge in [0.25, 0.3) is 0 Å². The van der Waals surface area contributed by atoms with Crippen LogP contribution in [0.15, 0.2) is 24.3 Å². The van der Waals surface area contributed by atoms with Crippen LogP contribution >= 0.6 is 0 Å². The van der Waals surface area contributed by atoms with Crippen molar-refractivity contribution in [1.82, 2.24) is 5.32 Å². The molecule has 6 N–H and O–H groups in total. The SMILES string of the molecule is OC[C@H]1N[C@H](CCCCCCCCCc2ccc(O)cc2)[C@H](O)[C@@H](O)[C@@H]1O. The summed E-state index contributed by atoms with van der Waals surface area (Å²) in [7, 11) is 0. The number of benzene rings is 1. The molecule has 5 atom stereocenters. The van der Waals surface area contributed by atoms with Crippen LogP contribution in [-0.2, 0) is 6.42 Å². The van der Waals surface area contributed by atoms with Crippen molar-refractivity contribution in [2.45, 2.75) is 88.2 Å². The fourth-order valence-electron chi connectivity index (χ4n) is 3.80. The Bertz CT molecular complexity index is 522. The van der Waals surface area contributed by atoms with Crippen molar-refractivity contribution >= 4 is 0 Å².